The summed E-state index contributed by atoms with van der Waals surface area (Å²) < 4.78 is 15.4. The molecule has 38 heavy (non-hydrogen) atoms. The number of halogens is 1. The smallest absolute Gasteiger partial charge is 0.230 e. The van der Waals surface area contributed by atoms with E-state index in [1.165, 1.54) is 0 Å². The number of pyridine rings is 1. The van der Waals surface area contributed by atoms with Crippen molar-refractivity contribution in [2.75, 3.05) is 7.11 Å². The molecule has 0 unspecified atom stereocenters. The minimum Gasteiger partial charge on any atom is -0.497 e. The number of hydrogen-bond acceptors (Lipinski definition) is 7. The van der Waals surface area contributed by atoms with Crippen LogP contribution in [0.4, 0.5) is 0 Å². The van der Waals surface area contributed by atoms with E-state index in [-0.39, 0.29) is 5.92 Å². The predicted octanol–water partition coefficient (Wildman–Crippen LogP) is 5.63. The Labute approximate surface area is 222 Å². The second-order valence-electron chi connectivity index (χ2n) is 8.91. The standard InChI is InChI=1S/C28H20ClN7O2/c1-16-22-23(17-5-11-21(37-2)12-6-17)24-26-32-25(18-4-3-13-30-14-18)34-35(26)15-31-27(24)38-28(22)36(33-16)20-9-7-19(29)8-10-20/h3-15,23H,1-2H3/t23-/m1/s1. The van der Waals surface area contributed by atoms with Crippen molar-refractivity contribution >= 4 is 17.2 Å². The molecule has 186 valence electrons. The van der Waals surface area contributed by atoms with Gasteiger partial charge >= 0.3 is 0 Å². The van der Waals surface area contributed by atoms with E-state index in [9.17, 15) is 0 Å². The molecule has 0 bridgehead atoms. The molecule has 0 saturated heterocycles. The summed E-state index contributed by atoms with van der Waals surface area (Å²) in [6, 6.07) is 19.2. The summed E-state index contributed by atoms with van der Waals surface area (Å²) in [4.78, 5) is 13.8. The van der Waals surface area contributed by atoms with Crippen molar-refractivity contribution in [2.45, 2.75) is 12.8 Å². The maximum absolute atomic E-state index is 6.47. The van der Waals surface area contributed by atoms with Gasteiger partial charge in [0.25, 0.3) is 0 Å². The number of methoxy groups -OCH3 is 1. The van der Waals surface area contributed by atoms with Crippen LogP contribution in [0.2, 0.25) is 5.02 Å². The maximum Gasteiger partial charge on any atom is 0.230 e. The fourth-order valence-corrected chi connectivity index (χ4v) is 5.01. The minimum absolute atomic E-state index is 0.261. The predicted molar refractivity (Wildman–Crippen MR) is 141 cm³/mol. The van der Waals surface area contributed by atoms with Crippen LogP contribution in [0.3, 0.4) is 0 Å². The van der Waals surface area contributed by atoms with Crippen molar-refractivity contribution < 1.29 is 9.47 Å². The molecule has 0 spiro atoms. The van der Waals surface area contributed by atoms with Crippen LogP contribution in [0.15, 0.2) is 79.4 Å². The third kappa shape index (κ3) is 3.51. The number of fused-ring (bicyclic) bond motifs is 4. The quantitative estimate of drug-likeness (QED) is 0.296. The molecular formula is C28H20ClN7O2. The molecule has 7 rings (SSSR count). The molecule has 1 aliphatic rings. The maximum atomic E-state index is 6.47. The van der Waals surface area contributed by atoms with Crippen LogP contribution in [0.5, 0.6) is 17.5 Å². The Morgan fingerprint density at radius 1 is 0.974 bits per heavy atom. The molecule has 2 aromatic carbocycles. The first-order chi connectivity index (χ1) is 18.6. The summed E-state index contributed by atoms with van der Waals surface area (Å²) in [6.07, 6.45) is 5.08. The van der Waals surface area contributed by atoms with Gasteiger partial charge in [0.1, 0.15) is 12.1 Å². The Balaban J connectivity index is 1.48. The van der Waals surface area contributed by atoms with Crippen molar-refractivity contribution in [2.24, 2.45) is 0 Å². The molecule has 4 aromatic heterocycles. The van der Waals surface area contributed by atoms with E-state index in [1.54, 1.807) is 35.0 Å². The Bertz CT molecular complexity index is 1800. The van der Waals surface area contributed by atoms with Gasteiger partial charge in [0.15, 0.2) is 11.5 Å². The normalized spacial score (nSPS) is 14.1. The second-order valence-corrected chi connectivity index (χ2v) is 9.35. The minimum atomic E-state index is -0.261. The molecule has 10 heteroatoms. The lowest BCUT2D eigenvalue weighted by Gasteiger charge is -2.26. The summed E-state index contributed by atoms with van der Waals surface area (Å²) in [6.45, 7) is 1.98. The molecule has 0 saturated carbocycles. The van der Waals surface area contributed by atoms with Crippen LogP contribution in [-0.2, 0) is 0 Å². The van der Waals surface area contributed by atoms with Gasteiger partial charge in [-0.1, -0.05) is 23.7 Å². The Kier molecular flexibility index (Phi) is 5.12. The summed E-state index contributed by atoms with van der Waals surface area (Å²) in [7, 11) is 1.65. The molecule has 1 aliphatic heterocycles. The lowest BCUT2D eigenvalue weighted by molar-refractivity contribution is 0.402. The van der Waals surface area contributed by atoms with Gasteiger partial charge < -0.3 is 9.47 Å². The zero-order valence-electron chi connectivity index (χ0n) is 20.4. The molecule has 0 aliphatic carbocycles. The van der Waals surface area contributed by atoms with Crippen molar-refractivity contribution in [3.63, 3.8) is 0 Å². The summed E-state index contributed by atoms with van der Waals surface area (Å²) in [5, 5.41) is 10.2. The second kappa shape index (κ2) is 8.67. The lowest BCUT2D eigenvalue weighted by Crippen LogP contribution is -2.16. The third-order valence-electron chi connectivity index (χ3n) is 6.66. The largest absolute Gasteiger partial charge is 0.497 e. The highest BCUT2D eigenvalue weighted by atomic mass is 35.5. The van der Waals surface area contributed by atoms with Crippen LogP contribution in [-0.4, -0.2) is 41.5 Å². The molecule has 0 fully saturated rings. The van der Waals surface area contributed by atoms with Crippen LogP contribution in [0, 0.1) is 6.92 Å². The summed E-state index contributed by atoms with van der Waals surface area (Å²) in [5.41, 5.74) is 5.89. The molecule has 0 amide bonds. The molecule has 1 atom stereocenters. The van der Waals surface area contributed by atoms with E-state index >= 15 is 0 Å². The molecule has 9 nitrogen and oxygen atoms in total. The van der Waals surface area contributed by atoms with Crippen LogP contribution in [0.1, 0.15) is 28.3 Å². The lowest BCUT2D eigenvalue weighted by atomic mass is 9.84. The van der Waals surface area contributed by atoms with E-state index in [2.05, 4.69) is 15.1 Å². The van der Waals surface area contributed by atoms with E-state index in [0.29, 0.717) is 28.3 Å². The summed E-state index contributed by atoms with van der Waals surface area (Å²) in [5.74, 6) is 2.12. The van der Waals surface area contributed by atoms with E-state index in [0.717, 1.165) is 39.4 Å². The van der Waals surface area contributed by atoms with Crippen molar-refractivity contribution in [1.82, 2.24) is 34.3 Å². The number of ether oxygens (including phenoxy) is 2. The van der Waals surface area contributed by atoms with Crippen molar-refractivity contribution in [3.8, 4) is 34.6 Å². The third-order valence-corrected chi connectivity index (χ3v) is 6.91. The Hall–Kier alpha value is -4.76. The van der Waals surface area contributed by atoms with Crippen LogP contribution in [0.25, 0.3) is 22.7 Å². The molecule has 6 aromatic rings. The molecule has 0 N–H and O–H groups in total. The van der Waals surface area contributed by atoms with Crippen molar-refractivity contribution in [1.29, 1.82) is 0 Å². The average Bonchev–Trinajstić information content (AvgIpc) is 3.54. The fraction of sp³-hybridized carbons (Fsp3) is 0.107. The van der Waals surface area contributed by atoms with Gasteiger partial charge in [-0.15, -0.1) is 5.10 Å². The van der Waals surface area contributed by atoms with Gasteiger partial charge in [0.05, 0.1) is 35.5 Å². The van der Waals surface area contributed by atoms with Gasteiger partial charge in [-0.05, 0) is 61.0 Å². The highest BCUT2D eigenvalue weighted by Crippen LogP contribution is 2.50. The monoisotopic (exact) mass is 521 g/mol. The van der Waals surface area contributed by atoms with E-state index < -0.39 is 0 Å². The van der Waals surface area contributed by atoms with Gasteiger partial charge in [-0.25, -0.2) is 19.2 Å². The Morgan fingerprint density at radius 2 is 1.79 bits per heavy atom. The zero-order chi connectivity index (χ0) is 25.8. The van der Waals surface area contributed by atoms with Crippen LogP contribution >= 0.6 is 11.6 Å². The fourth-order valence-electron chi connectivity index (χ4n) is 4.88. The highest BCUT2D eigenvalue weighted by molar-refractivity contribution is 6.30. The number of nitrogens with zero attached hydrogens (tertiary/aromatic N) is 7. The van der Waals surface area contributed by atoms with Gasteiger partial charge in [-0.3, -0.25) is 4.98 Å². The first kappa shape index (κ1) is 22.4. The molecule has 0 radical (unpaired) electrons. The van der Waals surface area contributed by atoms with Gasteiger partial charge in [0.2, 0.25) is 11.8 Å². The summed E-state index contributed by atoms with van der Waals surface area (Å²) >= 11 is 6.14. The molecule has 5 heterocycles. The van der Waals surface area contributed by atoms with E-state index in [4.69, 9.17) is 31.2 Å². The number of aromatic nitrogens is 7. The number of benzene rings is 2. The highest BCUT2D eigenvalue weighted by Gasteiger charge is 2.38. The first-order valence-corrected chi connectivity index (χ1v) is 12.3. The zero-order valence-corrected chi connectivity index (χ0v) is 21.2. The molecular weight excluding hydrogens is 502 g/mol. The topological polar surface area (TPSA) is 92.2 Å². The average molecular weight is 522 g/mol. The first-order valence-electron chi connectivity index (χ1n) is 11.9. The van der Waals surface area contributed by atoms with Crippen molar-refractivity contribution in [3.05, 3.63) is 107 Å². The number of rotatable bonds is 4. The number of aryl methyl sites for hydroxylation is 1. The SMILES string of the molecule is COc1ccc([C@@H]2c3c(C)nn(-c4ccc(Cl)cc4)c3Oc3ncn4nc(-c5cccnc5)nc4c32)cc1. The van der Waals surface area contributed by atoms with Crippen LogP contribution < -0.4 is 9.47 Å². The van der Waals surface area contributed by atoms with E-state index in [1.807, 2.05) is 67.6 Å². The number of hydrogen-bond donors (Lipinski definition) is 0. The van der Waals surface area contributed by atoms with Gasteiger partial charge in [0, 0.05) is 23.0 Å². The van der Waals surface area contributed by atoms with Gasteiger partial charge in [-0.2, -0.15) is 5.10 Å². The Morgan fingerprint density at radius 3 is 2.53 bits per heavy atom.